The van der Waals surface area contributed by atoms with E-state index in [0.717, 1.165) is 71.3 Å². The molecule has 8 heteroatoms. The molecule has 0 amide bonds. The molecule has 0 radical (unpaired) electrons. The number of alkyl halides is 3. The Morgan fingerprint density at radius 2 is 1.67 bits per heavy atom. The highest BCUT2D eigenvalue weighted by Gasteiger charge is 2.30. The SMILES string of the molecule is FC(F)(F)c1cccc(Cc2ccc3c(NCCCNCc4ccc5c(c4)OCO5)ccnc3c2)c1. The Kier molecular flexibility index (Phi) is 6.95. The van der Waals surface area contributed by atoms with Crippen LogP contribution in [0.25, 0.3) is 10.9 Å². The van der Waals surface area contributed by atoms with E-state index in [0.29, 0.717) is 12.0 Å². The van der Waals surface area contributed by atoms with Crippen LogP contribution in [0.2, 0.25) is 0 Å². The predicted molar refractivity (Wildman–Crippen MR) is 133 cm³/mol. The van der Waals surface area contributed by atoms with Crippen molar-refractivity contribution in [3.8, 4) is 11.5 Å². The molecule has 186 valence electrons. The molecule has 0 saturated heterocycles. The standard InChI is InChI=1S/C28H26F3N3O2/c29-28(30,31)22-4-1-3-19(14-22)13-20-5-7-23-24(9-12-34-25(23)15-20)33-11-2-10-32-17-21-6-8-26-27(16-21)36-18-35-26/h1,3-9,12,14-16,32H,2,10-11,13,17-18H2,(H,33,34). The minimum atomic E-state index is -4.34. The zero-order valence-electron chi connectivity index (χ0n) is 19.6. The molecule has 36 heavy (non-hydrogen) atoms. The number of ether oxygens (including phenoxy) is 2. The lowest BCUT2D eigenvalue weighted by Crippen LogP contribution is -2.17. The van der Waals surface area contributed by atoms with E-state index in [2.05, 4.69) is 15.6 Å². The van der Waals surface area contributed by atoms with Gasteiger partial charge in [0.25, 0.3) is 0 Å². The third-order valence-corrected chi connectivity index (χ3v) is 6.08. The summed E-state index contributed by atoms with van der Waals surface area (Å²) >= 11 is 0. The molecule has 2 heterocycles. The maximum atomic E-state index is 13.0. The quantitative estimate of drug-likeness (QED) is 0.273. The number of rotatable bonds is 9. The summed E-state index contributed by atoms with van der Waals surface area (Å²) in [5.74, 6) is 1.58. The largest absolute Gasteiger partial charge is 0.454 e. The van der Waals surface area contributed by atoms with Gasteiger partial charge < -0.3 is 20.1 Å². The Morgan fingerprint density at radius 3 is 2.56 bits per heavy atom. The van der Waals surface area contributed by atoms with Crippen LogP contribution in [0.5, 0.6) is 11.5 Å². The number of aromatic nitrogens is 1. The van der Waals surface area contributed by atoms with Crippen molar-refractivity contribution < 1.29 is 22.6 Å². The van der Waals surface area contributed by atoms with Crippen molar-refractivity contribution in [1.82, 2.24) is 10.3 Å². The summed E-state index contributed by atoms with van der Waals surface area (Å²) in [5.41, 5.74) is 3.85. The molecule has 1 aromatic heterocycles. The molecule has 0 fully saturated rings. The second-order valence-electron chi connectivity index (χ2n) is 8.73. The average Bonchev–Trinajstić information content (AvgIpc) is 3.34. The number of hydrogen-bond donors (Lipinski definition) is 2. The summed E-state index contributed by atoms with van der Waals surface area (Å²) in [7, 11) is 0. The molecule has 0 saturated carbocycles. The second kappa shape index (κ2) is 10.5. The lowest BCUT2D eigenvalue weighted by Gasteiger charge is -2.12. The Hall–Kier alpha value is -3.78. The van der Waals surface area contributed by atoms with E-state index < -0.39 is 11.7 Å². The van der Waals surface area contributed by atoms with Crippen LogP contribution in [-0.4, -0.2) is 24.9 Å². The van der Waals surface area contributed by atoms with Crippen LogP contribution in [0, 0.1) is 0 Å². The molecule has 4 aromatic rings. The van der Waals surface area contributed by atoms with Crippen molar-refractivity contribution in [2.75, 3.05) is 25.2 Å². The Bertz CT molecular complexity index is 1360. The van der Waals surface area contributed by atoms with Crippen LogP contribution >= 0.6 is 0 Å². The van der Waals surface area contributed by atoms with Crippen molar-refractivity contribution >= 4 is 16.6 Å². The fourth-order valence-electron chi connectivity index (χ4n) is 4.27. The van der Waals surface area contributed by atoms with Gasteiger partial charge in [-0.05, 0) is 66.4 Å². The third-order valence-electron chi connectivity index (χ3n) is 6.08. The Morgan fingerprint density at radius 1 is 0.833 bits per heavy atom. The molecule has 0 unspecified atom stereocenters. The van der Waals surface area contributed by atoms with Gasteiger partial charge in [0, 0.05) is 30.4 Å². The smallest absolute Gasteiger partial charge is 0.416 e. The minimum Gasteiger partial charge on any atom is -0.454 e. The molecule has 5 nitrogen and oxygen atoms in total. The predicted octanol–water partition coefficient (Wildman–Crippen LogP) is 6.16. The number of fused-ring (bicyclic) bond motifs is 2. The lowest BCUT2D eigenvalue weighted by molar-refractivity contribution is -0.137. The molecule has 0 atom stereocenters. The van der Waals surface area contributed by atoms with Crippen LogP contribution in [0.4, 0.5) is 18.9 Å². The Balaban J connectivity index is 1.14. The van der Waals surface area contributed by atoms with Gasteiger partial charge in [-0.1, -0.05) is 36.4 Å². The molecule has 0 aliphatic carbocycles. The number of nitrogens with one attached hydrogen (secondary N) is 2. The summed E-state index contributed by atoms with van der Waals surface area (Å²) in [6, 6.07) is 19.2. The summed E-state index contributed by atoms with van der Waals surface area (Å²) in [4.78, 5) is 4.47. The van der Waals surface area contributed by atoms with Gasteiger partial charge in [-0.25, -0.2) is 0 Å². The number of halogens is 3. The zero-order chi connectivity index (χ0) is 25.0. The van der Waals surface area contributed by atoms with Crippen LogP contribution in [0.15, 0.2) is 72.9 Å². The highest BCUT2D eigenvalue weighted by Crippen LogP contribution is 2.32. The average molecular weight is 494 g/mol. The van der Waals surface area contributed by atoms with Crippen molar-refractivity contribution in [2.24, 2.45) is 0 Å². The first kappa shape index (κ1) is 23.9. The van der Waals surface area contributed by atoms with Crippen LogP contribution in [0.3, 0.4) is 0 Å². The first-order valence-corrected chi connectivity index (χ1v) is 11.8. The highest BCUT2D eigenvalue weighted by atomic mass is 19.4. The van der Waals surface area contributed by atoms with E-state index in [9.17, 15) is 13.2 Å². The van der Waals surface area contributed by atoms with Gasteiger partial charge in [0.1, 0.15) is 0 Å². The van der Waals surface area contributed by atoms with E-state index in [1.165, 1.54) is 12.1 Å². The van der Waals surface area contributed by atoms with Crippen molar-refractivity contribution in [3.05, 3.63) is 95.2 Å². The van der Waals surface area contributed by atoms with Gasteiger partial charge in [-0.2, -0.15) is 13.2 Å². The van der Waals surface area contributed by atoms with E-state index in [-0.39, 0.29) is 6.79 Å². The van der Waals surface area contributed by atoms with Crippen molar-refractivity contribution in [2.45, 2.75) is 25.6 Å². The summed E-state index contributed by atoms with van der Waals surface area (Å²) in [6.45, 7) is 2.67. The first-order chi connectivity index (χ1) is 17.5. The lowest BCUT2D eigenvalue weighted by atomic mass is 10.0. The molecule has 3 aromatic carbocycles. The number of nitrogens with zero attached hydrogens (tertiary/aromatic N) is 1. The number of benzene rings is 3. The van der Waals surface area contributed by atoms with E-state index in [4.69, 9.17) is 9.47 Å². The molecule has 1 aliphatic heterocycles. The molecule has 1 aliphatic rings. The van der Waals surface area contributed by atoms with Gasteiger partial charge in [-0.15, -0.1) is 0 Å². The number of hydrogen-bond acceptors (Lipinski definition) is 5. The minimum absolute atomic E-state index is 0.276. The fourth-order valence-corrected chi connectivity index (χ4v) is 4.27. The summed E-state index contributed by atoms with van der Waals surface area (Å²) in [6.07, 6.45) is -1.25. The topological polar surface area (TPSA) is 55.4 Å². The first-order valence-electron chi connectivity index (χ1n) is 11.8. The molecular weight excluding hydrogens is 467 g/mol. The van der Waals surface area contributed by atoms with Gasteiger partial charge in [0.2, 0.25) is 6.79 Å². The maximum absolute atomic E-state index is 13.0. The molecule has 2 N–H and O–H groups in total. The monoisotopic (exact) mass is 493 g/mol. The molecule has 0 spiro atoms. The number of anilines is 1. The molecular formula is C28H26F3N3O2. The second-order valence-corrected chi connectivity index (χ2v) is 8.73. The molecule has 5 rings (SSSR count). The van der Waals surface area contributed by atoms with Crippen molar-refractivity contribution in [3.63, 3.8) is 0 Å². The summed E-state index contributed by atoms with van der Waals surface area (Å²) in [5, 5.41) is 7.90. The third kappa shape index (κ3) is 5.71. The van der Waals surface area contributed by atoms with E-state index in [1.54, 1.807) is 12.3 Å². The van der Waals surface area contributed by atoms with Crippen LogP contribution in [0.1, 0.15) is 28.7 Å². The van der Waals surface area contributed by atoms with Gasteiger partial charge in [-0.3, -0.25) is 4.98 Å². The van der Waals surface area contributed by atoms with Crippen molar-refractivity contribution in [1.29, 1.82) is 0 Å². The van der Waals surface area contributed by atoms with E-state index in [1.807, 2.05) is 42.5 Å². The zero-order valence-corrected chi connectivity index (χ0v) is 19.6. The summed E-state index contributed by atoms with van der Waals surface area (Å²) < 4.78 is 49.8. The Labute approximate surface area is 207 Å². The van der Waals surface area contributed by atoms with E-state index >= 15 is 0 Å². The van der Waals surface area contributed by atoms with Gasteiger partial charge in [0.15, 0.2) is 11.5 Å². The van der Waals surface area contributed by atoms with Crippen LogP contribution in [-0.2, 0) is 19.1 Å². The normalized spacial score (nSPS) is 12.8. The van der Waals surface area contributed by atoms with Gasteiger partial charge >= 0.3 is 6.18 Å². The molecule has 0 bridgehead atoms. The van der Waals surface area contributed by atoms with Gasteiger partial charge in [0.05, 0.1) is 11.1 Å². The van der Waals surface area contributed by atoms with Crippen LogP contribution < -0.4 is 20.1 Å². The maximum Gasteiger partial charge on any atom is 0.416 e. The highest BCUT2D eigenvalue weighted by molar-refractivity contribution is 5.91. The number of pyridine rings is 1. The fraction of sp³-hybridized carbons (Fsp3) is 0.250.